The van der Waals surface area contributed by atoms with Gasteiger partial charge in [-0.05, 0) is 55.3 Å². The summed E-state index contributed by atoms with van der Waals surface area (Å²) in [5, 5.41) is 9.66. The van der Waals surface area contributed by atoms with Crippen LogP contribution in [0.3, 0.4) is 0 Å². The van der Waals surface area contributed by atoms with E-state index < -0.39 is 5.82 Å². The van der Waals surface area contributed by atoms with Gasteiger partial charge in [-0.2, -0.15) is 5.26 Å². The fourth-order valence-electron chi connectivity index (χ4n) is 2.34. The normalized spacial score (nSPS) is 11.7. The zero-order valence-corrected chi connectivity index (χ0v) is 13.4. The van der Waals surface area contributed by atoms with E-state index >= 15 is 0 Å². The van der Waals surface area contributed by atoms with Gasteiger partial charge >= 0.3 is 0 Å². The maximum atomic E-state index is 13.9. The molecule has 0 amide bonds. The Morgan fingerprint density at radius 1 is 1.30 bits per heavy atom. The number of aromatic nitrogens is 2. The van der Waals surface area contributed by atoms with E-state index in [0.717, 1.165) is 22.2 Å². The average molecular weight is 326 g/mol. The lowest BCUT2D eigenvalue weighted by molar-refractivity contribution is 0.625. The minimum absolute atomic E-state index is 0.179. The molecule has 0 saturated carbocycles. The van der Waals surface area contributed by atoms with Gasteiger partial charge < -0.3 is 4.98 Å². The number of benzene rings is 2. The smallest absolute Gasteiger partial charge is 0.149 e. The van der Waals surface area contributed by atoms with E-state index in [1.807, 2.05) is 26.0 Å². The molecule has 0 atom stereocenters. The fraction of sp³-hybridized carbons (Fsp3) is 0.111. The highest BCUT2D eigenvalue weighted by molar-refractivity contribution is 6.32. The van der Waals surface area contributed by atoms with Crippen LogP contribution in [0.15, 0.2) is 30.3 Å². The molecular formula is C18H13ClFN3. The predicted molar refractivity (Wildman–Crippen MR) is 90.5 cm³/mol. The first kappa shape index (κ1) is 15.3. The number of nitrogens with zero attached hydrogens (tertiary/aromatic N) is 2. The Kier molecular flexibility index (Phi) is 3.89. The van der Waals surface area contributed by atoms with E-state index in [0.29, 0.717) is 5.82 Å². The monoisotopic (exact) mass is 325 g/mol. The first-order valence-corrected chi connectivity index (χ1v) is 7.40. The number of fused-ring (bicyclic) bond motifs is 1. The van der Waals surface area contributed by atoms with Gasteiger partial charge in [-0.15, -0.1) is 0 Å². The molecule has 1 aromatic heterocycles. The van der Waals surface area contributed by atoms with Crippen molar-refractivity contribution in [3.63, 3.8) is 0 Å². The number of hydrogen-bond donors (Lipinski definition) is 1. The second-order valence-electron chi connectivity index (χ2n) is 5.34. The number of hydrogen-bond acceptors (Lipinski definition) is 2. The number of imidazole rings is 1. The van der Waals surface area contributed by atoms with Crippen molar-refractivity contribution in [2.24, 2.45) is 0 Å². The quantitative estimate of drug-likeness (QED) is 0.671. The van der Waals surface area contributed by atoms with Gasteiger partial charge in [0.2, 0.25) is 0 Å². The molecule has 0 bridgehead atoms. The second-order valence-corrected chi connectivity index (χ2v) is 5.75. The summed E-state index contributed by atoms with van der Waals surface area (Å²) in [6, 6.07) is 10.4. The number of halogens is 2. The van der Waals surface area contributed by atoms with Crippen LogP contribution in [0, 0.1) is 31.0 Å². The fourth-order valence-corrected chi connectivity index (χ4v) is 2.56. The van der Waals surface area contributed by atoms with Crippen LogP contribution in [0.25, 0.3) is 22.7 Å². The highest BCUT2D eigenvalue weighted by Crippen LogP contribution is 2.26. The van der Waals surface area contributed by atoms with Crippen LogP contribution in [-0.2, 0) is 0 Å². The molecule has 5 heteroatoms. The molecule has 0 spiro atoms. The Bertz CT molecular complexity index is 921. The second kappa shape index (κ2) is 5.86. The Hall–Kier alpha value is -2.64. The predicted octanol–water partition coefficient (Wildman–Crippen LogP) is 5.04. The SMILES string of the molecule is Cc1cc2nc(/C(C#N)=C/c3c(F)cccc3Cl)[nH]c2cc1C. The lowest BCUT2D eigenvalue weighted by atomic mass is 10.1. The van der Waals surface area contributed by atoms with Gasteiger partial charge in [-0.25, -0.2) is 9.37 Å². The maximum Gasteiger partial charge on any atom is 0.149 e. The summed E-state index contributed by atoms with van der Waals surface area (Å²) in [6.45, 7) is 4.01. The maximum absolute atomic E-state index is 13.9. The Morgan fingerprint density at radius 2 is 2.04 bits per heavy atom. The van der Waals surface area contributed by atoms with Crippen LogP contribution < -0.4 is 0 Å². The van der Waals surface area contributed by atoms with E-state index in [1.165, 1.54) is 18.2 Å². The van der Waals surface area contributed by atoms with Gasteiger partial charge in [-0.3, -0.25) is 0 Å². The molecule has 0 fully saturated rings. The van der Waals surface area contributed by atoms with Gasteiger partial charge in [-0.1, -0.05) is 17.7 Å². The molecular weight excluding hydrogens is 313 g/mol. The highest BCUT2D eigenvalue weighted by atomic mass is 35.5. The van der Waals surface area contributed by atoms with Crippen molar-refractivity contribution >= 4 is 34.3 Å². The van der Waals surface area contributed by atoms with E-state index in [-0.39, 0.29) is 16.2 Å². The van der Waals surface area contributed by atoms with Crippen molar-refractivity contribution in [3.05, 3.63) is 63.7 Å². The zero-order chi connectivity index (χ0) is 16.6. The Balaban J connectivity index is 2.15. The molecule has 0 unspecified atom stereocenters. The first-order valence-electron chi connectivity index (χ1n) is 7.02. The van der Waals surface area contributed by atoms with Crippen molar-refractivity contribution < 1.29 is 4.39 Å². The number of rotatable bonds is 2. The number of nitrogens with one attached hydrogen (secondary N) is 1. The number of aromatic amines is 1. The third kappa shape index (κ3) is 2.84. The van der Waals surface area contributed by atoms with Crippen molar-refractivity contribution in [1.29, 1.82) is 5.26 Å². The largest absolute Gasteiger partial charge is 0.337 e. The van der Waals surface area contributed by atoms with Crippen LogP contribution in [0.4, 0.5) is 4.39 Å². The van der Waals surface area contributed by atoms with Crippen LogP contribution in [0.5, 0.6) is 0 Å². The number of aryl methyl sites for hydroxylation is 2. The molecule has 3 aromatic rings. The molecule has 1 N–H and O–H groups in total. The topological polar surface area (TPSA) is 52.5 Å². The summed E-state index contributed by atoms with van der Waals surface area (Å²) in [6.07, 6.45) is 1.41. The van der Waals surface area contributed by atoms with E-state index in [9.17, 15) is 9.65 Å². The molecule has 114 valence electrons. The molecule has 0 aliphatic rings. The van der Waals surface area contributed by atoms with E-state index in [1.54, 1.807) is 6.07 Å². The summed E-state index contributed by atoms with van der Waals surface area (Å²) >= 11 is 6.01. The lowest BCUT2D eigenvalue weighted by Gasteiger charge is -2.00. The standard InChI is InChI=1S/C18H13ClFN3/c1-10-6-16-17(7-11(10)2)23-18(22-16)12(9-21)8-13-14(19)4-3-5-15(13)20/h3-8H,1-2H3,(H,22,23)/b12-8+. The van der Waals surface area contributed by atoms with E-state index in [2.05, 4.69) is 16.0 Å². The van der Waals surface area contributed by atoms with Gasteiger partial charge in [0.05, 0.1) is 21.6 Å². The zero-order valence-electron chi connectivity index (χ0n) is 12.6. The van der Waals surface area contributed by atoms with Crippen LogP contribution >= 0.6 is 11.6 Å². The number of nitriles is 1. The molecule has 2 aromatic carbocycles. The molecule has 23 heavy (non-hydrogen) atoms. The highest BCUT2D eigenvalue weighted by Gasteiger charge is 2.12. The first-order chi connectivity index (χ1) is 11.0. The van der Waals surface area contributed by atoms with Gasteiger partial charge in [0.25, 0.3) is 0 Å². The van der Waals surface area contributed by atoms with Gasteiger partial charge in [0.1, 0.15) is 17.7 Å². The lowest BCUT2D eigenvalue weighted by Crippen LogP contribution is -1.88. The summed E-state index contributed by atoms with van der Waals surface area (Å²) in [5.41, 5.74) is 4.26. The Labute approximate surface area is 138 Å². The molecule has 0 aliphatic carbocycles. The molecule has 1 heterocycles. The van der Waals surface area contributed by atoms with Crippen molar-refractivity contribution in [1.82, 2.24) is 9.97 Å². The van der Waals surface area contributed by atoms with Crippen molar-refractivity contribution in [2.75, 3.05) is 0 Å². The molecule has 3 nitrogen and oxygen atoms in total. The van der Waals surface area contributed by atoms with Crippen molar-refractivity contribution in [3.8, 4) is 6.07 Å². The molecule has 0 aliphatic heterocycles. The minimum Gasteiger partial charge on any atom is -0.337 e. The molecule has 0 radical (unpaired) electrons. The Morgan fingerprint density at radius 3 is 2.74 bits per heavy atom. The number of allylic oxidation sites excluding steroid dienone is 1. The summed E-state index contributed by atoms with van der Waals surface area (Å²) in [5.74, 6) is -0.0835. The van der Waals surface area contributed by atoms with Crippen LogP contribution in [0.2, 0.25) is 5.02 Å². The third-order valence-electron chi connectivity index (χ3n) is 3.76. The van der Waals surface area contributed by atoms with Gasteiger partial charge in [0, 0.05) is 5.56 Å². The van der Waals surface area contributed by atoms with E-state index in [4.69, 9.17) is 11.6 Å². The summed E-state index contributed by atoms with van der Waals surface area (Å²) in [4.78, 5) is 7.54. The minimum atomic E-state index is -0.479. The number of H-pyrrole nitrogens is 1. The summed E-state index contributed by atoms with van der Waals surface area (Å²) < 4.78 is 13.9. The molecule has 0 saturated heterocycles. The van der Waals surface area contributed by atoms with Gasteiger partial charge in [0.15, 0.2) is 0 Å². The van der Waals surface area contributed by atoms with Crippen LogP contribution in [-0.4, -0.2) is 9.97 Å². The average Bonchev–Trinajstić information content (AvgIpc) is 2.90. The third-order valence-corrected chi connectivity index (χ3v) is 4.09. The molecule has 3 rings (SSSR count). The summed E-state index contributed by atoms with van der Waals surface area (Å²) in [7, 11) is 0. The van der Waals surface area contributed by atoms with Crippen LogP contribution in [0.1, 0.15) is 22.5 Å². The van der Waals surface area contributed by atoms with Crippen molar-refractivity contribution in [2.45, 2.75) is 13.8 Å².